The van der Waals surface area contributed by atoms with E-state index in [1.54, 1.807) is 18.3 Å². The predicted octanol–water partition coefficient (Wildman–Crippen LogP) is 5.67. The summed E-state index contributed by atoms with van der Waals surface area (Å²) in [6, 6.07) is 19.1. The molecule has 5 nitrogen and oxygen atoms in total. The number of halogens is 2. The van der Waals surface area contributed by atoms with E-state index >= 15 is 0 Å². The van der Waals surface area contributed by atoms with Crippen LogP contribution in [0.5, 0.6) is 0 Å². The number of pyridine rings is 1. The maximum atomic E-state index is 13.0. The summed E-state index contributed by atoms with van der Waals surface area (Å²) in [6.07, 6.45) is 1.60. The van der Waals surface area contributed by atoms with Crippen LogP contribution in [-0.2, 0) is 4.79 Å². The van der Waals surface area contributed by atoms with Gasteiger partial charge in [-0.05, 0) is 62.2 Å². The maximum absolute atomic E-state index is 13.0. The molecule has 0 spiro atoms. The van der Waals surface area contributed by atoms with E-state index in [0.717, 1.165) is 15.8 Å². The normalized spacial score (nSPS) is 13.3. The van der Waals surface area contributed by atoms with Crippen molar-refractivity contribution in [1.82, 2.24) is 4.98 Å². The summed E-state index contributed by atoms with van der Waals surface area (Å²) < 4.78 is 1.44. The molecule has 3 aromatic rings. The molecule has 0 bridgehead atoms. The third-order valence-corrected chi connectivity index (χ3v) is 5.47. The van der Waals surface area contributed by atoms with Gasteiger partial charge in [-0.2, -0.15) is 0 Å². The van der Waals surface area contributed by atoms with Crippen LogP contribution < -0.4 is 10.2 Å². The Morgan fingerprint density at radius 1 is 1.07 bits per heavy atom. The fraction of sp³-hybridized carbons (Fsp3) is 0.0476. The molecule has 1 aliphatic heterocycles. The lowest BCUT2D eigenvalue weighted by atomic mass is 9.99. The van der Waals surface area contributed by atoms with Crippen LogP contribution in [0.3, 0.4) is 0 Å². The average Bonchev–Trinajstić information content (AvgIpc) is 2.71. The SMILES string of the molecule is O=C(Nc1ncc(Br)cc1Br)C1=C(O)c2ccccc2N(c2ccccc2)C1. The van der Waals surface area contributed by atoms with E-state index in [9.17, 15) is 9.90 Å². The van der Waals surface area contributed by atoms with Gasteiger partial charge in [0.1, 0.15) is 11.6 Å². The second-order valence-corrected chi connectivity index (χ2v) is 7.97. The molecule has 2 aromatic carbocycles. The number of hydrogen-bond acceptors (Lipinski definition) is 4. The summed E-state index contributed by atoms with van der Waals surface area (Å²) in [5.74, 6) is -0.0319. The highest BCUT2D eigenvalue weighted by atomic mass is 79.9. The molecule has 0 aliphatic carbocycles. The Kier molecular flexibility index (Phi) is 5.19. The van der Waals surface area contributed by atoms with Crippen molar-refractivity contribution >= 4 is 60.7 Å². The second kappa shape index (κ2) is 7.77. The minimum atomic E-state index is -0.400. The summed E-state index contributed by atoms with van der Waals surface area (Å²) in [4.78, 5) is 19.2. The van der Waals surface area contributed by atoms with Crippen LogP contribution in [0.25, 0.3) is 5.76 Å². The minimum Gasteiger partial charge on any atom is -0.507 e. The van der Waals surface area contributed by atoms with Crippen molar-refractivity contribution in [3.63, 3.8) is 0 Å². The van der Waals surface area contributed by atoms with Crippen molar-refractivity contribution in [2.45, 2.75) is 0 Å². The van der Waals surface area contributed by atoms with Gasteiger partial charge in [-0.25, -0.2) is 4.98 Å². The van der Waals surface area contributed by atoms with Crippen molar-refractivity contribution in [2.75, 3.05) is 16.8 Å². The largest absolute Gasteiger partial charge is 0.507 e. The van der Waals surface area contributed by atoms with Crippen LogP contribution >= 0.6 is 31.9 Å². The number of aliphatic hydroxyl groups is 1. The fourth-order valence-corrected chi connectivity index (χ4v) is 4.18. The molecule has 1 amide bonds. The van der Waals surface area contributed by atoms with Gasteiger partial charge in [0.2, 0.25) is 0 Å². The number of nitrogens with zero attached hydrogens (tertiary/aromatic N) is 2. The predicted molar refractivity (Wildman–Crippen MR) is 118 cm³/mol. The number of anilines is 3. The summed E-state index contributed by atoms with van der Waals surface area (Å²) in [7, 11) is 0. The standard InChI is InChI=1S/C21H15Br2N3O2/c22-13-10-17(23)20(24-11-13)25-21(28)16-12-26(14-6-2-1-3-7-14)18-9-5-4-8-15(18)19(16)27/h1-11,27H,12H2,(H,24,25,28). The Balaban J connectivity index is 1.73. The summed E-state index contributed by atoms with van der Waals surface area (Å²) in [6.45, 7) is 0.243. The quantitative estimate of drug-likeness (QED) is 0.486. The molecule has 1 aliphatic rings. The molecule has 0 fully saturated rings. The number of aromatic nitrogens is 1. The van der Waals surface area contributed by atoms with Crippen LogP contribution in [0.2, 0.25) is 0 Å². The number of benzene rings is 2. The zero-order valence-electron chi connectivity index (χ0n) is 14.6. The lowest BCUT2D eigenvalue weighted by molar-refractivity contribution is -0.112. The van der Waals surface area contributed by atoms with Crippen LogP contribution in [0.15, 0.2) is 81.4 Å². The van der Waals surface area contributed by atoms with Crippen molar-refractivity contribution < 1.29 is 9.90 Å². The molecular weight excluding hydrogens is 486 g/mol. The smallest absolute Gasteiger partial charge is 0.258 e. The first-order chi connectivity index (χ1) is 13.5. The fourth-order valence-electron chi connectivity index (χ4n) is 3.10. The summed E-state index contributed by atoms with van der Waals surface area (Å²) >= 11 is 6.73. The van der Waals surface area contributed by atoms with Gasteiger partial charge in [0.25, 0.3) is 5.91 Å². The topological polar surface area (TPSA) is 65.5 Å². The van der Waals surface area contributed by atoms with Gasteiger partial charge in [0.05, 0.1) is 22.3 Å². The van der Waals surface area contributed by atoms with Crippen molar-refractivity contribution in [3.05, 3.63) is 86.9 Å². The number of nitrogens with one attached hydrogen (secondary N) is 1. The number of para-hydroxylation sites is 2. The van der Waals surface area contributed by atoms with E-state index in [1.807, 2.05) is 53.4 Å². The average molecular weight is 501 g/mol. The summed E-state index contributed by atoms with van der Waals surface area (Å²) in [5, 5.41) is 13.6. The Morgan fingerprint density at radius 3 is 2.54 bits per heavy atom. The number of fused-ring (bicyclic) bond motifs is 1. The van der Waals surface area contributed by atoms with Crippen LogP contribution in [0, 0.1) is 0 Å². The van der Waals surface area contributed by atoms with Gasteiger partial charge in [-0.15, -0.1) is 0 Å². The van der Waals surface area contributed by atoms with Gasteiger partial charge in [0, 0.05) is 21.9 Å². The molecule has 0 saturated carbocycles. The Bertz CT molecular complexity index is 1080. The first-order valence-electron chi connectivity index (χ1n) is 8.51. The zero-order chi connectivity index (χ0) is 19.7. The molecule has 140 valence electrons. The van der Waals surface area contributed by atoms with Crippen molar-refractivity contribution in [3.8, 4) is 0 Å². The lowest BCUT2D eigenvalue weighted by Gasteiger charge is -2.32. The highest BCUT2D eigenvalue weighted by Gasteiger charge is 2.29. The monoisotopic (exact) mass is 499 g/mol. The number of amides is 1. The first-order valence-corrected chi connectivity index (χ1v) is 10.1. The Hall–Kier alpha value is -2.64. The van der Waals surface area contributed by atoms with E-state index in [0.29, 0.717) is 15.9 Å². The Morgan fingerprint density at radius 2 is 1.79 bits per heavy atom. The third kappa shape index (κ3) is 3.55. The molecule has 0 saturated heterocycles. The van der Waals surface area contributed by atoms with Crippen molar-refractivity contribution in [2.24, 2.45) is 0 Å². The maximum Gasteiger partial charge on any atom is 0.258 e. The highest BCUT2D eigenvalue weighted by Crippen LogP contribution is 2.38. The highest BCUT2D eigenvalue weighted by molar-refractivity contribution is 9.11. The number of aliphatic hydroxyl groups excluding tert-OH is 1. The van der Waals surface area contributed by atoms with E-state index in [4.69, 9.17) is 0 Å². The van der Waals surface area contributed by atoms with E-state index < -0.39 is 5.91 Å². The third-order valence-electron chi connectivity index (χ3n) is 4.43. The first kappa shape index (κ1) is 18.7. The van der Waals surface area contributed by atoms with Crippen LogP contribution in [0.1, 0.15) is 5.56 Å². The van der Waals surface area contributed by atoms with Crippen LogP contribution in [0.4, 0.5) is 17.2 Å². The molecule has 2 heterocycles. The lowest BCUT2D eigenvalue weighted by Crippen LogP contribution is -2.31. The molecular formula is C21H15Br2N3O2. The number of rotatable bonds is 3. The molecule has 4 rings (SSSR count). The number of carbonyl (C=O) groups excluding carboxylic acids is 1. The van der Waals surface area contributed by atoms with Gasteiger partial charge < -0.3 is 15.3 Å². The van der Waals surface area contributed by atoms with Crippen molar-refractivity contribution in [1.29, 1.82) is 0 Å². The Labute approximate surface area is 179 Å². The van der Waals surface area contributed by atoms with Crippen LogP contribution in [-0.4, -0.2) is 22.5 Å². The van der Waals surface area contributed by atoms with Gasteiger partial charge >= 0.3 is 0 Å². The second-order valence-electron chi connectivity index (χ2n) is 6.20. The molecule has 2 N–H and O–H groups in total. The molecule has 0 atom stereocenters. The molecule has 0 unspecified atom stereocenters. The van der Waals surface area contributed by atoms with Gasteiger partial charge in [-0.1, -0.05) is 30.3 Å². The number of carbonyl (C=O) groups is 1. The van der Waals surface area contributed by atoms with E-state index in [-0.39, 0.29) is 17.9 Å². The number of hydrogen-bond donors (Lipinski definition) is 2. The van der Waals surface area contributed by atoms with E-state index in [2.05, 4.69) is 42.2 Å². The molecule has 0 radical (unpaired) electrons. The molecule has 28 heavy (non-hydrogen) atoms. The molecule has 7 heteroatoms. The van der Waals surface area contributed by atoms with E-state index in [1.165, 1.54) is 0 Å². The molecule has 1 aromatic heterocycles. The zero-order valence-corrected chi connectivity index (χ0v) is 17.7. The van der Waals surface area contributed by atoms with Gasteiger partial charge in [-0.3, -0.25) is 4.79 Å². The minimum absolute atomic E-state index is 0.0199. The summed E-state index contributed by atoms with van der Waals surface area (Å²) in [5.41, 5.74) is 2.69. The van der Waals surface area contributed by atoms with Gasteiger partial charge in [0.15, 0.2) is 0 Å².